The second-order valence-corrected chi connectivity index (χ2v) is 45.3. The summed E-state index contributed by atoms with van der Waals surface area (Å²) in [5.74, 6) is -0.0458. The van der Waals surface area contributed by atoms with Gasteiger partial charge in [0.05, 0.1) is 144 Å². The summed E-state index contributed by atoms with van der Waals surface area (Å²) >= 11 is 11.8. The third kappa shape index (κ3) is 26.1. The van der Waals surface area contributed by atoms with Crippen molar-refractivity contribution in [1.29, 1.82) is 21.0 Å². The highest BCUT2D eigenvalue weighted by molar-refractivity contribution is 8.07. The minimum atomic E-state index is -4.27. The number of hydrogen-bond donors (Lipinski definition) is 8. The Hall–Kier alpha value is -11.4. The third-order valence-corrected chi connectivity index (χ3v) is 33.3. The lowest BCUT2D eigenvalue weighted by atomic mass is 9.86. The maximum absolute atomic E-state index is 17.0. The zero-order chi connectivity index (χ0) is 107. The van der Waals surface area contributed by atoms with E-state index in [0.717, 1.165) is 18.9 Å². The van der Waals surface area contributed by atoms with Crippen LogP contribution in [0.2, 0.25) is 0 Å². The molecule has 0 spiro atoms. The van der Waals surface area contributed by atoms with Gasteiger partial charge in [-0.1, -0.05) is 75.9 Å². The van der Waals surface area contributed by atoms with Crippen molar-refractivity contribution < 1.29 is 102 Å². The molecular formula is C94H112F4N24O20P4S2. The van der Waals surface area contributed by atoms with Crippen molar-refractivity contribution in [3.8, 4) is 49.0 Å². The summed E-state index contributed by atoms with van der Waals surface area (Å²) in [6, 6.07) is 23.8. The van der Waals surface area contributed by atoms with Crippen LogP contribution in [0.15, 0.2) is 108 Å². The molecule has 2 bridgehead atoms. The normalized spacial score (nSPS) is 24.8. The van der Waals surface area contributed by atoms with E-state index in [-0.39, 0.29) is 207 Å². The first-order valence-corrected chi connectivity index (χ1v) is 54.6. The van der Waals surface area contributed by atoms with Gasteiger partial charge in [0.1, 0.15) is 66.8 Å². The topological polar surface area (TPSA) is 558 Å². The Morgan fingerprint density at radius 3 is 1.59 bits per heavy atom. The fourth-order valence-corrected chi connectivity index (χ4v) is 24.8. The number of rotatable bonds is 36. The number of amides is 4. The minimum Gasteiger partial charge on any atom is -0.395 e. The molecule has 788 valence electrons. The highest BCUT2D eigenvalue weighted by Gasteiger charge is 2.58. The molecule has 4 unspecified atom stereocenters. The van der Waals surface area contributed by atoms with Gasteiger partial charge in [0.25, 0.3) is 40.0 Å². The van der Waals surface area contributed by atoms with E-state index in [4.69, 9.17) is 96.4 Å². The van der Waals surface area contributed by atoms with Crippen LogP contribution >= 0.6 is 30.5 Å². The summed E-state index contributed by atoms with van der Waals surface area (Å²) < 4.78 is 150. The molecule has 10 aromatic rings. The number of carbonyl (C=O) groups excluding carboxylic acids is 4. The molecule has 18 atom stereocenters. The van der Waals surface area contributed by atoms with Crippen LogP contribution in [-0.4, -0.2) is 237 Å². The average Bonchev–Trinajstić information content (AvgIpc) is 1.60. The Morgan fingerprint density at radius 1 is 0.608 bits per heavy atom. The Bertz CT molecular complexity index is 6900. The summed E-state index contributed by atoms with van der Waals surface area (Å²) in [6.45, 7) is 12.3. The molecule has 5 aliphatic rings. The van der Waals surface area contributed by atoms with Crippen LogP contribution in [0.4, 0.5) is 41.1 Å². The molecule has 2 saturated carbocycles. The van der Waals surface area contributed by atoms with E-state index in [0.29, 0.717) is 5.56 Å². The van der Waals surface area contributed by atoms with E-state index in [2.05, 4.69) is 99.8 Å². The summed E-state index contributed by atoms with van der Waals surface area (Å²) in [5, 5.41) is 67.4. The molecule has 11 heterocycles. The predicted octanol–water partition coefficient (Wildman–Crippen LogP) is 13.9. The highest BCUT2D eigenvalue weighted by atomic mass is 32.5. The number of anilines is 4. The average molecular weight is 2160 g/mol. The lowest BCUT2D eigenvalue weighted by molar-refractivity contribution is -0.119. The second kappa shape index (κ2) is 50.5. The van der Waals surface area contributed by atoms with Crippen LogP contribution < -0.4 is 32.4 Å². The third-order valence-electron chi connectivity index (χ3n) is 24.4. The number of nitriles is 4. The molecule has 0 radical (unpaired) electrons. The molecule has 5 fully saturated rings. The number of nitrogens with zero attached hydrogens (tertiary/aromatic N) is 18. The Balaban J connectivity index is 0.000000200. The number of nitrogens with one attached hydrogen (secondary N) is 6. The fourth-order valence-electron chi connectivity index (χ4n) is 17.2. The molecule has 4 amide bonds. The van der Waals surface area contributed by atoms with Crippen LogP contribution in [0.1, 0.15) is 180 Å². The van der Waals surface area contributed by atoms with Gasteiger partial charge in [-0.25, -0.2) is 56.8 Å². The number of benzene rings is 2. The Kier molecular flexibility index (Phi) is 38.8. The molecule has 2 aliphatic carbocycles. The molecule has 8 aromatic heterocycles. The summed E-state index contributed by atoms with van der Waals surface area (Å²) in [5.41, 5.74) is -3.60. The Morgan fingerprint density at radius 2 is 1.09 bits per heavy atom. The number of aromatic nitrogens is 14. The first-order chi connectivity index (χ1) is 70.7. The molecule has 148 heavy (non-hydrogen) atoms. The van der Waals surface area contributed by atoms with Crippen LogP contribution in [0.25, 0.3) is 44.4 Å². The van der Waals surface area contributed by atoms with Gasteiger partial charge >= 0.3 is 13.4 Å². The number of aliphatic hydroxyl groups excluding tert-OH is 2. The molecule has 8 N–H and O–H groups in total. The highest BCUT2D eigenvalue weighted by Crippen LogP contribution is 2.62. The molecule has 2 aromatic carbocycles. The van der Waals surface area contributed by atoms with Crippen LogP contribution in [0.5, 0.6) is 0 Å². The quantitative estimate of drug-likeness (QED) is 0.00782. The number of fused-ring (bicyclic) bond motifs is 7. The first-order valence-electron chi connectivity index (χ1n) is 47.2. The fraction of sp³-hybridized carbons (Fsp3) is 0.511. The van der Waals surface area contributed by atoms with E-state index < -0.39 is 168 Å². The van der Waals surface area contributed by atoms with Gasteiger partial charge in [0.15, 0.2) is 57.6 Å². The molecule has 3 aliphatic heterocycles. The molecule has 54 heteroatoms. The van der Waals surface area contributed by atoms with Crippen LogP contribution in [-0.2, 0) is 87.9 Å². The van der Waals surface area contributed by atoms with Gasteiger partial charge in [-0.05, 0) is 123 Å². The lowest BCUT2D eigenvalue weighted by Crippen LogP contribution is -2.44. The zero-order valence-electron chi connectivity index (χ0n) is 82.5. The zero-order valence-corrected chi connectivity index (χ0v) is 87.7. The molecule has 44 nitrogen and oxygen atoms in total. The summed E-state index contributed by atoms with van der Waals surface area (Å²) in [6.07, 6.45) is 6.50. The number of aliphatic hydroxyl groups is 2. The monoisotopic (exact) mass is 2160 g/mol. The Labute approximate surface area is 860 Å². The SMILES string of the molecule is C#C[C@@]12COP(=S)(OCCC#N)O[C@@H]3[C@H](F)[C@@H](COP(=S)(OCCC#N)O[C@H]1C[C@H](n1cc(F)c4c(NC(=O)c5ccccc5)ncnc41)O2)O[C@H]3n1cnc2c(=O)[nH]c(NC(=O)C(C)C)nc21.C#C[C@]1(CO)C[C@@H](n2cc(F)c3c(NC(=O)c4ccccc4)ncnc32)C[C@@H]1O.CC(C)C(=O)Nc1nc2c(ncn2[C@@H]2C[C@H](COP(OCCC#N)N(C(C)C)C(C)C)[C@@H](F)[C@H]2OP(OCCC#N)N(C(C)C)C(C)C)c(=O)[nH]1. The van der Waals surface area contributed by atoms with Crippen LogP contribution in [0.3, 0.4) is 0 Å². The lowest BCUT2D eigenvalue weighted by Gasteiger charge is -2.38. The van der Waals surface area contributed by atoms with Crippen molar-refractivity contribution in [2.45, 2.75) is 232 Å². The maximum Gasteiger partial charge on any atom is 0.327 e. The maximum atomic E-state index is 17.0. The van der Waals surface area contributed by atoms with Gasteiger partial charge in [-0.3, -0.25) is 58.5 Å². The van der Waals surface area contributed by atoms with E-state index in [1.54, 1.807) is 97.5 Å². The number of hydrogen-bond acceptors (Lipinski definition) is 36. The number of imidazole rings is 2. The number of ether oxygens (including phenoxy) is 2. The number of halogens is 4. The number of alkyl halides is 2. The van der Waals surface area contributed by atoms with E-state index in [1.165, 1.54) is 28.0 Å². The van der Waals surface area contributed by atoms with Crippen molar-refractivity contribution in [1.82, 2.24) is 77.4 Å². The summed E-state index contributed by atoms with van der Waals surface area (Å²) in [4.78, 5) is 116. The van der Waals surface area contributed by atoms with Gasteiger partial charge in [0, 0.05) is 77.9 Å². The van der Waals surface area contributed by atoms with E-state index in [1.807, 2.05) is 72.2 Å². The van der Waals surface area contributed by atoms with Crippen molar-refractivity contribution >= 4 is 146 Å². The molecular weight excluding hydrogens is 2050 g/mol. The first kappa shape index (κ1) is 114. The number of terminal acetylenes is 2. The number of carbonyl (C=O) groups is 4. The number of aromatic amines is 2. The van der Waals surface area contributed by atoms with E-state index >= 15 is 13.2 Å². The van der Waals surface area contributed by atoms with Gasteiger partial charge in [-0.2, -0.15) is 31.0 Å². The summed E-state index contributed by atoms with van der Waals surface area (Å²) in [7, 11) is -3.48. The molecule has 15 rings (SSSR count). The second-order valence-electron chi connectivity index (χ2n) is 36.5. The minimum absolute atomic E-state index is 0.00660. The van der Waals surface area contributed by atoms with Crippen molar-refractivity contribution in [2.75, 3.05) is 74.1 Å². The number of H-pyrrole nitrogens is 2. The van der Waals surface area contributed by atoms with Gasteiger partial charge < -0.3 is 84.7 Å². The van der Waals surface area contributed by atoms with Crippen molar-refractivity contribution in [3.05, 3.63) is 142 Å². The van der Waals surface area contributed by atoms with Gasteiger partial charge in [-0.15, -0.1) is 12.8 Å². The largest absolute Gasteiger partial charge is 0.395 e. The predicted molar refractivity (Wildman–Crippen MR) is 541 cm³/mol. The smallest absolute Gasteiger partial charge is 0.327 e. The standard InChI is InChI=1S/C40H39F2N11O11P2S2.C33H54FN9O6P2.C21H19FN4O3/c1-4-40-19-60-66(68,58-15-9-13-44)64-31-29(42)25(61-38(31)53-21-47-30-34(53)49-39(51-37(30)56)50-35(54)22(2)3)18-59-65(67,57-14-8-12-43)63-26(40)16-27(62-40)52-17-24(41)28-32(45-20-46-33(28)52)48-36(55)23-10-6-5-7-11-23;1-20(2)31(44)39-33-38-30-28(32(45)40-33)37-19-41(30)26-17-25(18-48-50(46-15-11-13-35)42(21(3)4)22(5)6)27(34)29(26)49-51(47-16-12-14-36)43(23(7)8)24(9)10;1-2-21(11-27)9-14(8-16(21)28)26-10-15(22)17-18(23-12-24-19(17)26)25-20(29)13-6-4-3-5-7-13/h1,5-7,10-11,17,20-22,25-27,29,31,38H,8-9,14-16,18-19H2,2-3H3,(H,45,46,48,55)(H2,49,50,51,54,56);19-27,29H,11-12,15-18H2,1-10H3,(H2,38,39,40,44,45);1,3-7,10,12,14,16,27-28H,8-9,11H2,(H,23,24,25,29)/t25-,26+,27-,29-,31-,38-,40-,65?,66?;25-,26-,27-,29+,50?,51?;14-,16-,21+/m110/s1. The van der Waals surface area contributed by atoms with Crippen molar-refractivity contribution in [3.63, 3.8) is 0 Å². The van der Waals surface area contributed by atoms with Crippen molar-refractivity contribution in [2.24, 2.45) is 23.2 Å². The molecule has 3 saturated heterocycles. The van der Waals surface area contributed by atoms with Crippen LogP contribution in [0, 0.1) is 105 Å². The van der Waals surface area contributed by atoms with Gasteiger partial charge in [0.2, 0.25) is 23.7 Å². The van der Waals surface area contributed by atoms with E-state index in [9.17, 15) is 59.2 Å².